The SMILES string of the molecule is CC(Cc1cccc(Br)c1)NC(=O)C1COCCN1. The Balaban J connectivity index is 1.83. The first-order chi connectivity index (χ1) is 9.15. The summed E-state index contributed by atoms with van der Waals surface area (Å²) in [4.78, 5) is 12.0. The fourth-order valence-electron chi connectivity index (χ4n) is 2.15. The maximum absolute atomic E-state index is 12.0. The summed E-state index contributed by atoms with van der Waals surface area (Å²) < 4.78 is 6.35. The number of amides is 1. The lowest BCUT2D eigenvalue weighted by molar-refractivity contribution is -0.126. The van der Waals surface area contributed by atoms with Crippen molar-refractivity contribution in [1.82, 2.24) is 10.6 Å². The molecule has 0 bridgehead atoms. The van der Waals surface area contributed by atoms with Gasteiger partial charge >= 0.3 is 0 Å². The third-order valence-corrected chi connectivity index (χ3v) is 3.55. The van der Waals surface area contributed by atoms with E-state index in [1.54, 1.807) is 0 Å². The quantitative estimate of drug-likeness (QED) is 0.881. The van der Waals surface area contributed by atoms with Gasteiger partial charge in [0.1, 0.15) is 6.04 Å². The molecule has 2 unspecified atom stereocenters. The highest BCUT2D eigenvalue weighted by atomic mass is 79.9. The van der Waals surface area contributed by atoms with Gasteiger partial charge in [0.2, 0.25) is 5.91 Å². The van der Waals surface area contributed by atoms with Gasteiger partial charge in [-0.05, 0) is 31.0 Å². The predicted molar refractivity (Wildman–Crippen MR) is 78.1 cm³/mol. The van der Waals surface area contributed by atoms with Crippen LogP contribution in [0.4, 0.5) is 0 Å². The van der Waals surface area contributed by atoms with Crippen LogP contribution in [0.25, 0.3) is 0 Å². The van der Waals surface area contributed by atoms with Crippen LogP contribution < -0.4 is 10.6 Å². The van der Waals surface area contributed by atoms with E-state index in [1.807, 2.05) is 19.1 Å². The van der Waals surface area contributed by atoms with E-state index in [0.717, 1.165) is 17.4 Å². The molecule has 1 fully saturated rings. The summed E-state index contributed by atoms with van der Waals surface area (Å²) in [5.41, 5.74) is 1.20. The number of morpholine rings is 1. The number of nitrogens with one attached hydrogen (secondary N) is 2. The normalized spacial score (nSPS) is 20.8. The number of carbonyl (C=O) groups excluding carboxylic acids is 1. The molecule has 19 heavy (non-hydrogen) atoms. The molecule has 2 N–H and O–H groups in total. The molecular weight excluding hydrogens is 308 g/mol. The molecule has 1 saturated heterocycles. The summed E-state index contributed by atoms with van der Waals surface area (Å²) in [6, 6.07) is 8.02. The Labute approximate surface area is 122 Å². The molecule has 2 atom stereocenters. The Morgan fingerprint density at radius 1 is 1.63 bits per heavy atom. The fourth-order valence-corrected chi connectivity index (χ4v) is 2.59. The zero-order valence-electron chi connectivity index (χ0n) is 11.0. The number of rotatable bonds is 4. The minimum Gasteiger partial charge on any atom is -0.378 e. The molecule has 104 valence electrons. The number of hydrogen-bond acceptors (Lipinski definition) is 3. The van der Waals surface area contributed by atoms with Crippen molar-refractivity contribution in [2.45, 2.75) is 25.4 Å². The van der Waals surface area contributed by atoms with E-state index in [2.05, 4.69) is 38.7 Å². The van der Waals surface area contributed by atoms with Crippen LogP contribution in [0.5, 0.6) is 0 Å². The van der Waals surface area contributed by atoms with Gasteiger partial charge in [0.25, 0.3) is 0 Å². The molecule has 1 aromatic carbocycles. The van der Waals surface area contributed by atoms with Crippen molar-refractivity contribution in [2.75, 3.05) is 19.8 Å². The van der Waals surface area contributed by atoms with E-state index in [1.165, 1.54) is 5.56 Å². The lowest BCUT2D eigenvalue weighted by Crippen LogP contribution is -2.53. The van der Waals surface area contributed by atoms with Gasteiger partial charge in [-0.2, -0.15) is 0 Å². The van der Waals surface area contributed by atoms with Crippen molar-refractivity contribution in [2.24, 2.45) is 0 Å². The molecule has 1 aromatic rings. The smallest absolute Gasteiger partial charge is 0.239 e. The van der Waals surface area contributed by atoms with Gasteiger partial charge in [-0.15, -0.1) is 0 Å². The molecule has 5 heteroatoms. The number of halogens is 1. The van der Waals surface area contributed by atoms with E-state index in [9.17, 15) is 4.79 Å². The van der Waals surface area contributed by atoms with Gasteiger partial charge < -0.3 is 15.4 Å². The van der Waals surface area contributed by atoms with E-state index in [0.29, 0.717) is 13.2 Å². The van der Waals surface area contributed by atoms with Crippen LogP contribution in [-0.4, -0.2) is 37.7 Å². The van der Waals surface area contributed by atoms with Crippen LogP contribution in [0.3, 0.4) is 0 Å². The fraction of sp³-hybridized carbons (Fsp3) is 0.500. The van der Waals surface area contributed by atoms with Crippen LogP contribution in [0.1, 0.15) is 12.5 Å². The highest BCUT2D eigenvalue weighted by Gasteiger charge is 2.22. The van der Waals surface area contributed by atoms with Crippen LogP contribution in [-0.2, 0) is 16.0 Å². The lowest BCUT2D eigenvalue weighted by atomic mass is 10.1. The monoisotopic (exact) mass is 326 g/mol. The third kappa shape index (κ3) is 4.60. The van der Waals surface area contributed by atoms with Crippen molar-refractivity contribution in [3.8, 4) is 0 Å². The minimum absolute atomic E-state index is 0.0159. The summed E-state index contributed by atoms with van der Waals surface area (Å²) in [7, 11) is 0. The first-order valence-corrected chi connectivity index (χ1v) is 7.30. The van der Waals surface area contributed by atoms with Crippen LogP contribution in [0, 0.1) is 0 Å². The van der Waals surface area contributed by atoms with Gasteiger partial charge in [-0.3, -0.25) is 4.79 Å². The van der Waals surface area contributed by atoms with Crippen molar-refractivity contribution >= 4 is 21.8 Å². The Morgan fingerprint density at radius 3 is 3.16 bits per heavy atom. The van der Waals surface area contributed by atoms with Gasteiger partial charge in [0.05, 0.1) is 13.2 Å². The molecule has 1 aliphatic heterocycles. The third-order valence-electron chi connectivity index (χ3n) is 3.06. The Hall–Kier alpha value is -0.910. The lowest BCUT2D eigenvalue weighted by Gasteiger charge is -2.24. The van der Waals surface area contributed by atoms with E-state index in [4.69, 9.17) is 4.74 Å². The summed E-state index contributed by atoms with van der Waals surface area (Å²) in [5, 5.41) is 6.17. The van der Waals surface area contributed by atoms with Gasteiger partial charge in [-0.25, -0.2) is 0 Å². The average molecular weight is 327 g/mol. The molecule has 4 nitrogen and oxygen atoms in total. The highest BCUT2D eigenvalue weighted by Crippen LogP contribution is 2.13. The topological polar surface area (TPSA) is 50.4 Å². The molecular formula is C14H19BrN2O2. The highest BCUT2D eigenvalue weighted by molar-refractivity contribution is 9.10. The van der Waals surface area contributed by atoms with Gasteiger partial charge in [0.15, 0.2) is 0 Å². The zero-order chi connectivity index (χ0) is 13.7. The Bertz CT molecular complexity index is 433. The summed E-state index contributed by atoms with van der Waals surface area (Å²) in [6.45, 7) is 3.88. The number of hydrogen-bond donors (Lipinski definition) is 2. The predicted octanol–water partition coefficient (Wildman–Crippen LogP) is 1.48. The second-order valence-corrected chi connectivity index (χ2v) is 5.74. The molecule has 0 aliphatic carbocycles. The van der Waals surface area contributed by atoms with Gasteiger partial charge in [0, 0.05) is 17.1 Å². The van der Waals surface area contributed by atoms with Crippen molar-refractivity contribution < 1.29 is 9.53 Å². The molecule has 0 aromatic heterocycles. The Morgan fingerprint density at radius 2 is 2.47 bits per heavy atom. The first-order valence-electron chi connectivity index (χ1n) is 6.51. The van der Waals surface area contributed by atoms with Crippen LogP contribution >= 0.6 is 15.9 Å². The van der Waals surface area contributed by atoms with E-state index in [-0.39, 0.29) is 18.0 Å². The van der Waals surface area contributed by atoms with Crippen LogP contribution in [0.15, 0.2) is 28.7 Å². The standard InChI is InChI=1S/C14H19BrN2O2/c1-10(7-11-3-2-4-12(15)8-11)17-14(18)13-9-19-6-5-16-13/h2-4,8,10,13,16H,5-7,9H2,1H3,(H,17,18). The summed E-state index contributed by atoms with van der Waals surface area (Å²) in [5.74, 6) is 0.0159. The summed E-state index contributed by atoms with van der Waals surface area (Å²) in [6.07, 6.45) is 0.818. The number of ether oxygens (including phenoxy) is 1. The molecule has 2 rings (SSSR count). The second kappa shape index (κ2) is 7.03. The molecule has 1 amide bonds. The van der Waals surface area contributed by atoms with Crippen molar-refractivity contribution in [3.63, 3.8) is 0 Å². The van der Waals surface area contributed by atoms with Crippen molar-refractivity contribution in [1.29, 1.82) is 0 Å². The van der Waals surface area contributed by atoms with Crippen LogP contribution in [0.2, 0.25) is 0 Å². The second-order valence-electron chi connectivity index (χ2n) is 4.83. The van der Waals surface area contributed by atoms with E-state index < -0.39 is 0 Å². The Kier molecular flexibility index (Phi) is 5.36. The minimum atomic E-state index is -0.223. The molecule has 1 aliphatic rings. The van der Waals surface area contributed by atoms with E-state index >= 15 is 0 Å². The zero-order valence-corrected chi connectivity index (χ0v) is 12.6. The molecule has 0 radical (unpaired) electrons. The van der Waals surface area contributed by atoms with Gasteiger partial charge in [-0.1, -0.05) is 28.1 Å². The summed E-state index contributed by atoms with van der Waals surface area (Å²) >= 11 is 3.45. The maximum Gasteiger partial charge on any atom is 0.239 e. The number of carbonyl (C=O) groups is 1. The maximum atomic E-state index is 12.0. The average Bonchev–Trinajstić information content (AvgIpc) is 2.39. The largest absolute Gasteiger partial charge is 0.378 e. The molecule has 0 saturated carbocycles. The molecule has 0 spiro atoms. The first kappa shape index (κ1) is 14.5. The van der Waals surface area contributed by atoms with Crippen molar-refractivity contribution in [3.05, 3.63) is 34.3 Å². The molecule has 1 heterocycles. The number of benzene rings is 1.